The van der Waals surface area contributed by atoms with E-state index in [1.807, 2.05) is 0 Å². The van der Waals surface area contributed by atoms with Gasteiger partial charge in [-0.05, 0) is 44.9 Å². The molecule has 0 aromatic heterocycles. The molecule has 2 aliphatic rings. The minimum atomic E-state index is -0.850. The molecule has 0 amide bonds. The molecular weight excluding hydrogens is 246 g/mol. The van der Waals surface area contributed by atoms with Gasteiger partial charge in [0.2, 0.25) is 0 Å². The van der Waals surface area contributed by atoms with E-state index >= 15 is 0 Å². The highest BCUT2D eigenvalue weighted by atomic mass is 16.5. The Morgan fingerprint density at radius 1 is 1.37 bits per heavy atom. The zero-order valence-corrected chi connectivity index (χ0v) is 11.7. The van der Waals surface area contributed by atoms with Crippen LogP contribution in [-0.4, -0.2) is 49.1 Å². The van der Waals surface area contributed by atoms with Crippen LogP contribution in [0.2, 0.25) is 0 Å². The molecule has 1 aliphatic carbocycles. The van der Waals surface area contributed by atoms with Crippen molar-refractivity contribution in [3.8, 4) is 0 Å². The number of nitrogens with one attached hydrogen (secondary N) is 1. The smallest absolute Gasteiger partial charge is 0.323 e. The Balaban J connectivity index is 1.65. The first-order chi connectivity index (χ1) is 9.10. The molecule has 0 aromatic carbocycles. The first-order valence-electron chi connectivity index (χ1n) is 7.27. The Hall–Kier alpha value is -0.650. The van der Waals surface area contributed by atoms with Gasteiger partial charge in [0, 0.05) is 32.5 Å². The molecule has 19 heavy (non-hydrogen) atoms. The second-order valence-corrected chi connectivity index (χ2v) is 5.94. The average molecular weight is 271 g/mol. The van der Waals surface area contributed by atoms with Crippen LogP contribution >= 0.6 is 0 Å². The highest BCUT2D eigenvalue weighted by Gasteiger charge is 2.38. The van der Waals surface area contributed by atoms with Gasteiger partial charge in [-0.15, -0.1) is 0 Å². The van der Waals surface area contributed by atoms with Gasteiger partial charge >= 0.3 is 5.97 Å². The number of carbonyl (C=O) groups is 1. The number of ether oxygens (including phenoxy) is 2. The fraction of sp³-hybridized carbons (Fsp3) is 0.929. The summed E-state index contributed by atoms with van der Waals surface area (Å²) >= 11 is 0. The summed E-state index contributed by atoms with van der Waals surface area (Å²) in [5.74, 6) is -0.213. The largest absolute Gasteiger partial charge is 0.480 e. The molecule has 1 aliphatic heterocycles. The Kier molecular flexibility index (Phi) is 5.19. The summed E-state index contributed by atoms with van der Waals surface area (Å²) in [5, 5.41) is 12.5. The van der Waals surface area contributed by atoms with Crippen molar-refractivity contribution in [3.05, 3.63) is 0 Å². The van der Waals surface area contributed by atoms with Crippen molar-refractivity contribution >= 4 is 5.97 Å². The van der Waals surface area contributed by atoms with Crippen molar-refractivity contribution < 1.29 is 19.4 Å². The monoisotopic (exact) mass is 271 g/mol. The van der Waals surface area contributed by atoms with E-state index in [4.69, 9.17) is 9.47 Å². The lowest BCUT2D eigenvalue weighted by Gasteiger charge is -2.27. The van der Waals surface area contributed by atoms with Crippen LogP contribution in [0.5, 0.6) is 0 Å². The summed E-state index contributed by atoms with van der Waals surface area (Å²) in [5.41, 5.74) is -0.850. The fourth-order valence-electron chi connectivity index (χ4n) is 2.36. The summed E-state index contributed by atoms with van der Waals surface area (Å²) in [7, 11) is 0. The van der Waals surface area contributed by atoms with Crippen molar-refractivity contribution in [1.82, 2.24) is 5.32 Å². The van der Waals surface area contributed by atoms with Crippen LogP contribution in [0, 0.1) is 5.92 Å². The van der Waals surface area contributed by atoms with Gasteiger partial charge in [-0.1, -0.05) is 0 Å². The van der Waals surface area contributed by atoms with E-state index in [9.17, 15) is 9.90 Å². The van der Waals surface area contributed by atoms with Gasteiger partial charge in [-0.25, -0.2) is 0 Å². The number of hydrogen-bond acceptors (Lipinski definition) is 4. The molecule has 1 heterocycles. The van der Waals surface area contributed by atoms with Crippen molar-refractivity contribution in [2.75, 3.05) is 26.4 Å². The lowest BCUT2D eigenvalue weighted by molar-refractivity contribution is -0.145. The molecule has 0 bridgehead atoms. The van der Waals surface area contributed by atoms with Gasteiger partial charge < -0.3 is 14.6 Å². The molecule has 0 aromatic rings. The van der Waals surface area contributed by atoms with E-state index in [0.29, 0.717) is 25.0 Å². The number of aliphatic carboxylic acids is 1. The Labute approximate surface area is 114 Å². The first-order valence-corrected chi connectivity index (χ1v) is 7.27. The molecule has 2 N–H and O–H groups in total. The van der Waals surface area contributed by atoms with Crippen LogP contribution in [0.15, 0.2) is 0 Å². The molecular formula is C14H25NO4. The summed E-state index contributed by atoms with van der Waals surface area (Å²) < 4.78 is 11.0. The van der Waals surface area contributed by atoms with E-state index in [2.05, 4.69) is 5.32 Å². The van der Waals surface area contributed by atoms with Crippen LogP contribution in [0.4, 0.5) is 0 Å². The molecule has 1 saturated heterocycles. The number of hydrogen-bond donors (Lipinski definition) is 2. The fourth-order valence-corrected chi connectivity index (χ4v) is 2.36. The quantitative estimate of drug-likeness (QED) is 0.653. The Morgan fingerprint density at radius 3 is 2.63 bits per heavy atom. The predicted octanol–water partition coefficient (Wildman–Crippen LogP) is 1.41. The lowest BCUT2D eigenvalue weighted by Crippen LogP contribution is -2.51. The van der Waals surface area contributed by atoms with Gasteiger partial charge in [-0.2, -0.15) is 0 Å². The average Bonchev–Trinajstić information content (AvgIpc) is 3.19. The van der Waals surface area contributed by atoms with Crippen molar-refractivity contribution in [2.24, 2.45) is 5.92 Å². The van der Waals surface area contributed by atoms with Gasteiger partial charge in [0.25, 0.3) is 0 Å². The molecule has 5 nitrogen and oxygen atoms in total. The Morgan fingerprint density at radius 2 is 2.05 bits per heavy atom. The molecule has 5 heteroatoms. The molecule has 0 radical (unpaired) electrons. The van der Waals surface area contributed by atoms with Crippen LogP contribution in [0.3, 0.4) is 0 Å². The third-order valence-electron chi connectivity index (χ3n) is 4.01. The van der Waals surface area contributed by atoms with E-state index in [1.165, 1.54) is 0 Å². The second-order valence-electron chi connectivity index (χ2n) is 5.94. The first kappa shape index (κ1) is 14.8. The standard InChI is InChI=1S/C14H25NO4/c1-14(13(16)17,15-12-2-3-12)6-9-19-10-11-4-7-18-8-5-11/h11-12,15H,2-10H2,1H3,(H,16,17). The Bertz CT molecular complexity index is 300. The van der Waals surface area contributed by atoms with Crippen LogP contribution in [-0.2, 0) is 14.3 Å². The highest BCUT2D eigenvalue weighted by molar-refractivity contribution is 5.78. The maximum atomic E-state index is 11.3. The summed E-state index contributed by atoms with van der Waals surface area (Å²) in [4.78, 5) is 11.3. The van der Waals surface area contributed by atoms with Gasteiger partial charge in [0.05, 0.1) is 0 Å². The van der Waals surface area contributed by atoms with E-state index < -0.39 is 11.5 Å². The maximum absolute atomic E-state index is 11.3. The molecule has 1 saturated carbocycles. The third-order valence-corrected chi connectivity index (χ3v) is 4.01. The van der Waals surface area contributed by atoms with Crippen molar-refractivity contribution in [3.63, 3.8) is 0 Å². The van der Waals surface area contributed by atoms with Gasteiger partial charge in [0.15, 0.2) is 0 Å². The van der Waals surface area contributed by atoms with Gasteiger partial charge in [0.1, 0.15) is 5.54 Å². The van der Waals surface area contributed by atoms with Crippen LogP contribution < -0.4 is 5.32 Å². The lowest BCUT2D eigenvalue weighted by atomic mass is 9.98. The zero-order chi connectivity index (χ0) is 13.7. The zero-order valence-electron chi connectivity index (χ0n) is 11.7. The van der Waals surface area contributed by atoms with E-state index in [0.717, 1.165) is 45.5 Å². The second kappa shape index (κ2) is 6.68. The van der Waals surface area contributed by atoms with E-state index in [1.54, 1.807) is 6.92 Å². The molecule has 2 rings (SSSR count). The summed E-state index contributed by atoms with van der Waals surface area (Å²) in [6, 6.07) is 0.386. The van der Waals surface area contributed by atoms with Crippen LogP contribution in [0.1, 0.15) is 39.0 Å². The minimum Gasteiger partial charge on any atom is -0.480 e. The third kappa shape index (κ3) is 4.75. The molecule has 0 spiro atoms. The molecule has 2 fully saturated rings. The number of rotatable bonds is 8. The molecule has 1 unspecified atom stereocenters. The summed E-state index contributed by atoms with van der Waals surface area (Å²) in [6.07, 6.45) is 4.80. The SMILES string of the molecule is CC(CCOCC1CCOCC1)(NC1CC1)C(=O)O. The van der Waals surface area contributed by atoms with Crippen LogP contribution in [0.25, 0.3) is 0 Å². The number of carboxylic acid groups (broad SMARTS) is 1. The summed E-state index contributed by atoms with van der Waals surface area (Å²) in [6.45, 7) is 4.63. The molecule has 1 atom stereocenters. The van der Waals surface area contributed by atoms with Gasteiger partial charge in [-0.3, -0.25) is 10.1 Å². The van der Waals surface area contributed by atoms with Crippen molar-refractivity contribution in [2.45, 2.75) is 50.6 Å². The highest BCUT2D eigenvalue weighted by Crippen LogP contribution is 2.24. The number of carboxylic acids is 1. The minimum absolute atomic E-state index is 0.386. The predicted molar refractivity (Wildman–Crippen MR) is 71.2 cm³/mol. The normalized spacial score (nSPS) is 24.1. The van der Waals surface area contributed by atoms with Crippen molar-refractivity contribution in [1.29, 1.82) is 0 Å². The molecule has 110 valence electrons. The van der Waals surface area contributed by atoms with E-state index in [-0.39, 0.29) is 0 Å². The topological polar surface area (TPSA) is 67.8 Å². The maximum Gasteiger partial charge on any atom is 0.323 e.